The van der Waals surface area contributed by atoms with Crippen molar-refractivity contribution in [3.63, 3.8) is 0 Å². The van der Waals surface area contributed by atoms with Crippen molar-refractivity contribution in [3.05, 3.63) is 71.3 Å². The standard InChI is InChI=1S/C30H35FN4O/c1-20-5-6-22-17-29(33-27(22)16-20)30(36)35-12-3-2-4-24(35)11-15-34-13-9-21(10-14-34)26-19-32-28-18-23(31)7-8-25(26)28/h5-8,16-19,21,24,32-33H,2-4,9-15H2,1H3. The highest BCUT2D eigenvalue weighted by atomic mass is 19.1. The molecule has 4 heterocycles. The minimum absolute atomic E-state index is 0.142. The lowest BCUT2D eigenvalue weighted by Crippen LogP contribution is -2.46. The lowest BCUT2D eigenvalue weighted by molar-refractivity contribution is 0.0573. The molecule has 0 bridgehead atoms. The topological polar surface area (TPSA) is 55.1 Å². The minimum Gasteiger partial charge on any atom is -0.361 e. The van der Waals surface area contributed by atoms with E-state index in [1.165, 1.54) is 17.5 Å². The molecule has 2 N–H and O–H groups in total. The molecule has 6 heteroatoms. The van der Waals surface area contributed by atoms with Crippen LogP contribution in [-0.4, -0.2) is 57.9 Å². The van der Waals surface area contributed by atoms with Crippen LogP contribution in [0.25, 0.3) is 21.8 Å². The fourth-order valence-electron chi connectivity index (χ4n) is 6.34. The van der Waals surface area contributed by atoms with Gasteiger partial charge in [0.25, 0.3) is 5.91 Å². The van der Waals surface area contributed by atoms with Crippen LogP contribution in [0.1, 0.15) is 66.1 Å². The molecule has 2 fully saturated rings. The van der Waals surface area contributed by atoms with Crippen molar-refractivity contribution >= 4 is 27.7 Å². The van der Waals surface area contributed by atoms with E-state index in [2.05, 4.69) is 51.1 Å². The number of hydrogen-bond donors (Lipinski definition) is 2. The molecule has 0 aliphatic carbocycles. The number of likely N-dealkylation sites (tertiary alicyclic amines) is 2. The van der Waals surface area contributed by atoms with Gasteiger partial charge < -0.3 is 19.8 Å². The molecule has 0 spiro atoms. The first kappa shape index (κ1) is 23.3. The number of nitrogens with one attached hydrogen (secondary N) is 2. The fraction of sp³-hybridized carbons (Fsp3) is 0.433. The molecule has 1 atom stereocenters. The summed E-state index contributed by atoms with van der Waals surface area (Å²) < 4.78 is 13.6. The number of halogens is 1. The highest BCUT2D eigenvalue weighted by Crippen LogP contribution is 2.34. The second-order valence-corrected chi connectivity index (χ2v) is 10.8. The number of amides is 1. The maximum Gasteiger partial charge on any atom is 0.270 e. The van der Waals surface area contributed by atoms with E-state index in [1.807, 2.05) is 12.1 Å². The van der Waals surface area contributed by atoms with Crippen molar-refractivity contribution in [1.82, 2.24) is 19.8 Å². The Kier molecular flexibility index (Phi) is 6.30. The number of aromatic nitrogens is 2. The highest BCUT2D eigenvalue weighted by Gasteiger charge is 2.30. The van der Waals surface area contributed by atoms with Crippen LogP contribution in [0.15, 0.2) is 48.7 Å². The van der Waals surface area contributed by atoms with Gasteiger partial charge in [0, 0.05) is 47.1 Å². The Morgan fingerprint density at radius 1 is 1.00 bits per heavy atom. The molecule has 0 radical (unpaired) electrons. The first-order valence-electron chi connectivity index (χ1n) is 13.4. The Morgan fingerprint density at radius 2 is 1.86 bits per heavy atom. The predicted molar refractivity (Wildman–Crippen MR) is 143 cm³/mol. The molecule has 2 saturated heterocycles. The third-order valence-electron chi connectivity index (χ3n) is 8.38. The average Bonchev–Trinajstić information content (AvgIpc) is 3.51. The van der Waals surface area contributed by atoms with Gasteiger partial charge in [-0.3, -0.25) is 4.79 Å². The second kappa shape index (κ2) is 9.74. The number of H-pyrrole nitrogens is 2. The molecule has 1 amide bonds. The number of rotatable bonds is 5. The molecule has 5 nitrogen and oxygen atoms in total. The maximum atomic E-state index is 13.6. The number of carbonyl (C=O) groups is 1. The number of fused-ring (bicyclic) bond motifs is 2. The number of aromatic amines is 2. The van der Waals surface area contributed by atoms with Crippen LogP contribution in [-0.2, 0) is 0 Å². The summed E-state index contributed by atoms with van der Waals surface area (Å²) in [6.07, 6.45) is 8.71. The highest BCUT2D eigenvalue weighted by molar-refractivity contribution is 5.98. The summed E-state index contributed by atoms with van der Waals surface area (Å²) in [6, 6.07) is 13.7. The fourth-order valence-corrected chi connectivity index (χ4v) is 6.34. The quantitative estimate of drug-likeness (QED) is 0.345. The van der Waals surface area contributed by atoms with E-state index in [0.29, 0.717) is 17.7 Å². The number of carbonyl (C=O) groups excluding carboxylic acids is 1. The van der Waals surface area contributed by atoms with E-state index in [1.54, 1.807) is 12.1 Å². The van der Waals surface area contributed by atoms with Gasteiger partial charge in [0.05, 0.1) is 0 Å². The summed E-state index contributed by atoms with van der Waals surface area (Å²) in [5.74, 6) is 0.461. The molecule has 2 aromatic heterocycles. The van der Waals surface area contributed by atoms with Crippen LogP contribution in [0.4, 0.5) is 4.39 Å². The molecule has 0 saturated carbocycles. The zero-order chi connectivity index (χ0) is 24.6. The zero-order valence-electron chi connectivity index (χ0n) is 21.0. The molecule has 2 aromatic carbocycles. The Hall–Kier alpha value is -3.12. The summed E-state index contributed by atoms with van der Waals surface area (Å²) in [5, 5.41) is 2.25. The summed E-state index contributed by atoms with van der Waals surface area (Å²) in [5.41, 5.74) is 5.15. The maximum absolute atomic E-state index is 13.6. The van der Waals surface area contributed by atoms with Gasteiger partial charge in [0.15, 0.2) is 0 Å². The normalized spacial score (nSPS) is 19.9. The van der Waals surface area contributed by atoms with E-state index in [9.17, 15) is 9.18 Å². The van der Waals surface area contributed by atoms with E-state index in [0.717, 1.165) is 80.1 Å². The van der Waals surface area contributed by atoms with E-state index >= 15 is 0 Å². The number of hydrogen-bond acceptors (Lipinski definition) is 2. The van der Waals surface area contributed by atoms with Gasteiger partial charge in [-0.25, -0.2) is 4.39 Å². The zero-order valence-corrected chi connectivity index (χ0v) is 21.0. The van der Waals surface area contributed by atoms with Crippen LogP contribution >= 0.6 is 0 Å². The summed E-state index contributed by atoms with van der Waals surface area (Å²) in [4.78, 5) is 24.8. The lowest BCUT2D eigenvalue weighted by atomic mass is 9.89. The van der Waals surface area contributed by atoms with E-state index < -0.39 is 0 Å². The summed E-state index contributed by atoms with van der Waals surface area (Å²) in [6.45, 7) is 6.10. The predicted octanol–water partition coefficient (Wildman–Crippen LogP) is 6.36. The van der Waals surface area contributed by atoms with E-state index in [4.69, 9.17) is 0 Å². The molecule has 36 heavy (non-hydrogen) atoms. The molecule has 6 rings (SSSR count). The molecule has 2 aliphatic rings. The minimum atomic E-state index is -0.194. The second-order valence-electron chi connectivity index (χ2n) is 10.8. The van der Waals surface area contributed by atoms with Crippen molar-refractivity contribution in [2.75, 3.05) is 26.2 Å². The smallest absolute Gasteiger partial charge is 0.270 e. The molecule has 188 valence electrons. The molecule has 1 unspecified atom stereocenters. The Balaban J connectivity index is 1.07. The van der Waals surface area contributed by atoms with Crippen molar-refractivity contribution < 1.29 is 9.18 Å². The first-order valence-corrected chi connectivity index (χ1v) is 13.4. The van der Waals surface area contributed by atoms with Gasteiger partial charge in [-0.15, -0.1) is 0 Å². The third kappa shape index (κ3) is 4.55. The van der Waals surface area contributed by atoms with Crippen molar-refractivity contribution in [2.24, 2.45) is 0 Å². The van der Waals surface area contributed by atoms with Gasteiger partial charge in [-0.1, -0.05) is 12.1 Å². The Labute approximate surface area is 211 Å². The van der Waals surface area contributed by atoms with Crippen molar-refractivity contribution in [1.29, 1.82) is 0 Å². The van der Waals surface area contributed by atoms with Gasteiger partial charge >= 0.3 is 0 Å². The number of nitrogens with zero attached hydrogens (tertiary/aromatic N) is 2. The average molecular weight is 487 g/mol. The SMILES string of the molecule is Cc1ccc2cc(C(=O)N3CCCCC3CCN3CCC(c4c[nH]c5cc(F)ccc45)CC3)[nH]c2c1. The monoisotopic (exact) mass is 486 g/mol. The van der Waals surface area contributed by atoms with Gasteiger partial charge in [-0.2, -0.15) is 0 Å². The van der Waals surface area contributed by atoms with Gasteiger partial charge in [0.2, 0.25) is 0 Å². The number of benzene rings is 2. The lowest BCUT2D eigenvalue weighted by Gasteiger charge is -2.38. The third-order valence-corrected chi connectivity index (χ3v) is 8.38. The number of aryl methyl sites for hydroxylation is 1. The number of piperidine rings is 2. The Bertz CT molecular complexity index is 1380. The van der Waals surface area contributed by atoms with Crippen LogP contribution in [0, 0.1) is 12.7 Å². The summed E-state index contributed by atoms with van der Waals surface area (Å²) >= 11 is 0. The molecule has 2 aliphatic heterocycles. The van der Waals surface area contributed by atoms with Crippen molar-refractivity contribution in [2.45, 2.75) is 57.4 Å². The Morgan fingerprint density at radius 3 is 2.72 bits per heavy atom. The summed E-state index contributed by atoms with van der Waals surface area (Å²) in [7, 11) is 0. The van der Waals surface area contributed by atoms with Crippen LogP contribution in [0.5, 0.6) is 0 Å². The van der Waals surface area contributed by atoms with Crippen molar-refractivity contribution in [3.8, 4) is 0 Å². The van der Waals surface area contributed by atoms with Crippen LogP contribution in [0.2, 0.25) is 0 Å². The van der Waals surface area contributed by atoms with Crippen LogP contribution < -0.4 is 0 Å². The first-order chi connectivity index (χ1) is 17.5. The molecule has 4 aromatic rings. The van der Waals surface area contributed by atoms with Gasteiger partial charge in [0.1, 0.15) is 11.5 Å². The van der Waals surface area contributed by atoms with Crippen LogP contribution in [0.3, 0.4) is 0 Å². The van der Waals surface area contributed by atoms with Gasteiger partial charge in [-0.05, 0) is 106 Å². The van der Waals surface area contributed by atoms with E-state index in [-0.39, 0.29) is 11.7 Å². The molecular weight excluding hydrogens is 451 g/mol. The molecular formula is C30H35FN4O. The largest absolute Gasteiger partial charge is 0.361 e.